The summed E-state index contributed by atoms with van der Waals surface area (Å²) in [4.78, 5) is 16.0. The molecule has 2 aromatic carbocycles. The Bertz CT molecular complexity index is 976. The van der Waals surface area contributed by atoms with Crippen molar-refractivity contribution >= 4 is 23.4 Å². The summed E-state index contributed by atoms with van der Waals surface area (Å²) in [5.74, 6) is 1.42. The maximum absolute atomic E-state index is 11.9. The minimum atomic E-state index is 0.600. The van der Waals surface area contributed by atoms with Crippen LogP contribution in [-0.2, 0) is 9.53 Å². The molecule has 0 radical (unpaired) electrons. The van der Waals surface area contributed by atoms with Crippen LogP contribution in [0.2, 0.25) is 0 Å². The number of allylic oxidation sites excluding steroid dienone is 4. The van der Waals surface area contributed by atoms with Crippen molar-refractivity contribution in [2.75, 3.05) is 0 Å². The lowest BCUT2D eigenvalue weighted by Crippen LogP contribution is -2.02. The van der Waals surface area contributed by atoms with E-state index >= 15 is 0 Å². The van der Waals surface area contributed by atoms with Crippen molar-refractivity contribution in [3.05, 3.63) is 120 Å². The van der Waals surface area contributed by atoms with Crippen LogP contribution < -0.4 is 0 Å². The van der Waals surface area contributed by atoms with E-state index in [1.165, 1.54) is 0 Å². The molecule has 0 amide bonds. The van der Waals surface area contributed by atoms with E-state index in [1.54, 1.807) is 12.4 Å². The molecule has 27 heavy (non-hydrogen) atoms. The van der Waals surface area contributed by atoms with E-state index in [9.17, 15) is 4.79 Å². The van der Waals surface area contributed by atoms with E-state index in [0.29, 0.717) is 17.1 Å². The lowest BCUT2D eigenvalue weighted by molar-refractivity contribution is -0.103. The summed E-state index contributed by atoms with van der Waals surface area (Å²) in [7, 11) is 0. The van der Waals surface area contributed by atoms with Gasteiger partial charge in [0.1, 0.15) is 11.5 Å². The van der Waals surface area contributed by atoms with Gasteiger partial charge in [0.25, 0.3) is 0 Å². The Kier molecular flexibility index (Phi) is 4.75. The average molecular weight is 351 g/mol. The zero-order chi connectivity index (χ0) is 18.5. The van der Waals surface area contributed by atoms with Crippen LogP contribution in [-0.4, -0.2) is 11.3 Å². The molecule has 0 N–H and O–H groups in total. The van der Waals surface area contributed by atoms with E-state index in [0.717, 1.165) is 28.5 Å². The van der Waals surface area contributed by atoms with Gasteiger partial charge in [-0.25, -0.2) is 0 Å². The first kappa shape index (κ1) is 16.7. The van der Waals surface area contributed by atoms with Gasteiger partial charge in [0, 0.05) is 29.1 Å². The summed E-state index contributed by atoms with van der Waals surface area (Å²) in [5.41, 5.74) is 4.14. The molecular formula is C24H17NO2. The molecule has 0 saturated carbocycles. The third-order valence-corrected chi connectivity index (χ3v) is 4.33. The van der Waals surface area contributed by atoms with Crippen LogP contribution in [0.3, 0.4) is 0 Å². The highest BCUT2D eigenvalue weighted by Gasteiger charge is 2.17. The normalized spacial score (nSPS) is 13.3. The molecular weight excluding hydrogens is 334 g/mol. The fraction of sp³-hybridized carbons (Fsp3) is 0. The highest BCUT2D eigenvalue weighted by atomic mass is 16.5. The Labute approximate surface area is 158 Å². The standard InChI is InChI=1S/C24H17NO2/c26-17-22(18-11-13-25-14-12-18)21-15-23(19-7-3-1-4-8-19)27-24(16-21)20-9-5-2-6-10-20/h1-17H. The Morgan fingerprint density at radius 1 is 0.741 bits per heavy atom. The predicted molar refractivity (Wildman–Crippen MR) is 107 cm³/mol. The van der Waals surface area contributed by atoms with Crippen LogP contribution in [0.15, 0.2) is 103 Å². The van der Waals surface area contributed by atoms with Gasteiger partial charge in [-0.05, 0) is 35.4 Å². The lowest BCUT2D eigenvalue weighted by atomic mass is 9.97. The highest BCUT2D eigenvalue weighted by Crippen LogP contribution is 2.34. The van der Waals surface area contributed by atoms with Crippen LogP contribution in [0.4, 0.5) is 0 Å². The van der Waals surface area contributed by atoms with Gasteiger partial charge in [0.05, 0.1) is 0 Å². The van der Waals surface area contributed by atoms with Gasteiger partial charge in [-0.15, -0.1) is 0 Å². The monoisotopic (exact) mass is 351 g/mol. The Balaban J connectivity index is 1.89. The molecule has 0 saturated heterocycles. The molecule has 0 fully saturated rings. The van der Waals surface area contributed by atoms with Crippen LogP contribution in [0.25, 0.3) is 17.1 Å². The second kappa shape index (κ2) is 7.67. The molecule has 3 nitrogen and oxygen atoms in total. The molecule has 1 aliphatic rings. The molecule has 0 bridgehead atoms. The van der Waals surface area contributed by atoms with Crippen LogP contribution in [0.5, 0.6) is 0 Å². The van der Waals surface area contributed by atoms with Crippen molar-refractivity contribution in [3.63, 3.8) is 0 Å². The molecule has 0 atom stereocenters. The van der Waals surface area contributed by atoms with Crippen molar-refractivity contribution in [2.45, 2.75) is 0 Å². The first-order chi connectivity index (χ1) is 13.3. The largest absolute Gasteiger partial charge is 0.456 e. The number of hydrogen-bond donors (Lipinski definition) is 0. The summed E-state index contributed by atoms with van der Waals surface area (Å²) in [6.45, 7) is 0. The van der Waals surface area contributed by atoms with E-state index in [2.05, 4.69) is 4.98 Å². The molecule has 3 heteroatoms. The number of rotatable bonds is 4. The SMILES string of the molecule is O=CC(=C1C=C(c2ccccc2)OC(c2ccccc2)=C1)c1ccncc1. The van der Waals surface area contributed by atoms with E-state index in [1.807, 2.05) is 84.9 Å². The van der Waals surface area contributed by atoms with E-state index in [4.69, 9.17) is 4.74 Å². The van der Waals surface area contributed by atoms with Gasteiger partial charge in [0.15, 0.2) is 6.29 Å². The van der Waals surface area contributed by atoms with Gasteiger partial charge >= 0.3 is 0 Å². The highest BCUT2D eigenvalue weighted by molar-refractivity contribution is 6.10. The van der Waals surface area contributed by atoms with Crippen molar-refractivity contribution < 1.29 is 9.53 Å². The molecule has 3 aromatic rings. The summed E-state index contributed by atoms with van der Waals surface area (Å²) in [6.07, 6.45) is 8.07. The fourth-order valence-corrected chi connectivity index (χ4v) is 2.98. The summed E-state index contributed by atoms with van der Waals surface area (Å²) >= 11 is 0. The molecule has 0 spiro atoms. The first-order valence-electron chi connectivity index (χ1n) is 8.67. The molecule has 1 aliphatic heterocycles. The van der Waals surface area contributed by atoms with Crippen LogP contribution in [0, 0.1) is 0 Å². The topological polar surface area (TPSA) is 39.2 Å². The maximum Gasteiger partial charge on any atom is 0.151 e. The molecule has 2 heterocycles. The number of carbonyl (C=O) groups is 1. The van der Waals surface area contributed by atoms with Crippen molar-refractivity contribution in [1.82, 2.24) is 4.98 Å². The number of ether oxygens (including phenoxy) is 1. The number of aldehydes is 1. The summed E-state index contributed by atoms with van der Waals surface area (Å²) in [6, 6.07) is 23.4. The molecule has 0 unspecified atom stereocenters. The smallest absolute Gasteiger partial charge is 0.151 e. The second-order valence-electron chi connectivity index (χ2n) is 6.07. The molecule has 130 valence electrons. The van der Waals surface area contributed by atoms with E-state index in [-0.39, 0.29) is 0 Å². The predicted octanol–water partition coefficient (Wildman–Crippen LogP) is 5.15. The summed E-state index contributed by atoms with van der Waals surface area (Å²) < 4.78 is 6.18. The Hall–Kier alpha value is -3.72. The Morgan fingerprint density at radius 2 is 1.26 bits per heavy atom. The zero-order valence-electron chi connectivity index (χ0n) is 14.6. The number of hydrogen-bond acceptors (Lipinski definition) is 3. The van der Waals surface area contributed by atoms with Gasteiger partial charge in [-0.1, -0.05) is 60.7 Å². The minimum absolute atomic E-state index is 0.600. The quantitative estimate of drug-likeness (QED) is 0.482. The second-order valence-corrected chi connectivity index (χ2v) is 6.07. The van der Waals surface area contributed by atoms with Crippen molar-refractivity contribution in [2.24, 2.45) is 0 Å². The van der Waals surface area contributed by atoms with Gasteiger partial charge in [-0.3, -0.25) is 9.78 Å². The minimum Gasteiger partial charge on any atom is -0.456 e. The fourth-order valence-electron chi connectivity index (χ4n) is 2.98. The third kappa shape index (κ3) is 3.62. The maximum atomic E-state index is 11.9. The number of aromatic nitrogens is 1. The molecule has 4 rings (SSSR count). The number of carbonyl (C=O) groups excluding carboxylic acids is 1. The van der Waals surface area contributed by atoms with Gasteiger partial charge < -0.3 is 4.74 Å². The molecule has 1 aromatic heterocycles. The van der Waals surface area contributed by atoms with E-state index < -0.39 is 0 Å². The van der Waals surface area contributed by atoms with Gasteiger partial charge in [-0.2, -0.15) is 0 Å². The number of benzene rings is 2. The van der Waals surface area contributed by atoms with Crippen molar-refractivity contribution in [1.29, 1.82) is 0 Å². The molecule has 0 aliphatic carbocycles. The Morgan fingerprint density at radius 3 is 1.74 bits per heavy atom. The summed E-state index contributed by atoms with van der Waals surface area (Å²) in [5, 5.41) is 0. The lowest BCUT2D eigenvalue weighted by Gasteiger charge is -2.20. The number of nitrogens with zero attached hydrogens (tertiary/aromatic N) is 1. The van der Waals surface area contributed by atoms with Crippen molar-refractivity contribution in [3.8, 4) is 0 Å². The van der Waals surface area contributed by atoms with Crippen LogP contribution in [0.1, 0.15) is 16.7 Å². The van der Waals surface area contributed by atoms with Gasteiger partial charge in [0.2, 0.25) is 0 Å². The zero-order valence-corrected chi connectivity index (χ0v) is 14.6. The first-order valence-corrected chi connectivity index (χ1v) is 8.67. The number of pyridine rings is 1. The third-order valence-electron chi connectivity index (χ3n) is 4.33. The average Bonchev–Trinajstić information content (AvgIpc) is 2.76. The van der Waals surface area contributed by atoms with Crippen LogP contribution >= 0.6 is 0 Å².